The molecule has 0 amide bonds. The number of nitrogens with zero attached hydrogens (tertiary/aromatic N) is 2. The number of hydrogen-bond acceptors (Lipinski definition) is 4. The summed E-state index contributed by atoms with van der Waals surface area (Å²) in [6, 6.07) is 7.53. The zero-order valence-corrected chi connectivity index (χ0v) is 9.13. The molecule has 2 heterocycles. The van der Waals surface area contributed by atoms with Crippen LogP contribution in [0.3, 0.4) is 0 Å². The highest BCUT2D eigenvalue weighted by atomic mass is 16.3. The highest BCUT2D eigenvalue weighted by Gasteiger charge is 2.04. The number of aliphatic hydroxyl groups excluding tert-OH is 1. The van der Waals surface area contributed by atoms with Crippen molar-refractivity contribution in [3.63, 3.8) is 0 Å². The summed E-state index contributed by atoms with van der Waals surface area (Å²) >= 11 is 0. The first kappa shape index (κ1) is 10.7. The van der Waals surface area contributed by atoms with Gasteiger partial charge in [-0.3, -0.25) is 0 Å². The van der Waals surface area contributed by atoms with Crippen molar-refractivity contribution in [2.45, 2.75) is 13.2 Å². The fourth-order valence-corrected chi connectivity index (χ4v) is 1.51. The third-order valence-corrected chi connectivity index (χ3v) is 2.35. The van der Waals surface area contributed by atoms with E-state index in [2.05, 4.69) is 4.98 Å². The van der Waals surface area contributed by atoms with Crippen LogP contribution in [0.25, 0.3) is 0 Å². The Kier molecular flexibility index (Phi) is 3.22. The number of anilines is 1. The van der Waals surface area contributed by atoms with Gasteiger partial charge in [-0.2, -0.15) is 0 Å². The molecule has 2 rings (SSSR count). The summed E-state index contributed by atoms with van der Waals surface area (Å²) in [7, 11) is 1.95. The quantitative estimate of drug-likeness (QED) is 0.850. The van der Waals surface area contributed by atoms with Crippen molar-refractivity contribution in [2.24, 2.45) is 0 Å². The van der Waals surface area contributed by atoms with Crippen molar-refractivity contribution in [1.82, 2.24) is 4.98 Å². The summed E-state index contributed by atoms with van der Waals surface area (Å²) in [6.07, 6.45) is 3.37. The lowest BCUT2D eigenvalue weighted by atomic mass is 10.3. The lowest BCUT2D eigenvalue weighted by Gasteiger charge is -2.17. The second-order valence-electron chi connectivity index (χ2n) is 3.63. The highest BCUT2D eigenvalue weighted by molar-refractivity contribution is 5.38. The average Bonchev–Trinajstić information content (AvgIpc) is 2.82. The lowest BCUT2D eigenvalue weighted by Crippen LogP contribution is -2.17. The molecule has 0 atom stereocenters. The number of aliphatic hydroxyl groups is 1. The molecule has 0 saturated heterocycles. The number of pyridine rings is 1. The summed E-state index contributed by atoms with van der Waals surface area (Å²) in [4.78, 5) is 6.32. The van der Waals surface area contributed by atoms with Gasteiger partial charge in [0.15, 0.2) is 0 Å². The van der Waals surface area contributed by atoms with Gasteiger partial charge in [0.2, 0.25) is 0 Å². The van der Waals surface area contributed by atoms with E-state index >= 15 is 0 Å². The molecule has 0 unspecified atom stereocenters. The Morgan fingerprint density at radius 3 is 2.94 bits per heavy atom. The second kappa shape index (κ2) is 4.81. The SMILES string of the molecule is CN(Cc1ccoc1)c1cccc(CO)n1. The van der Waals surface area contributed by atoms with Gasteiger partial charge in [-0.1, -0.05) is 6.07 Å². The molecule has 84 valence electrons. The molecule has 0 aliphatic carbocycles. The van der Waals surface area contributed by atoms with Crippen LogP contribution in [0.4, 0.5) is 5.82 Å². The maximum Gasteiger partial charge on any atom is 0.128 e. The van der Waals surface area contributed by atoms with Gasteiger partial charge in [0.05, 0.1) is 24.8 Å². The Morgan fingerprint density at radius 2 is 2.25 bits per heavy atom. The fraction of sp³-hybridized carbons (Fsp3) is 0.250. The number of furan rings is 1. The summed E-state index contributed by atoms with van der Waals surface area (Å²) in [5, 5.41) is 9.00. The Labute approximate surface area is 94.2 Å². The van der Waals surface area contributed by atoms with Crippen LogP contribution < -0.4 is 4.90 Å². The molecule has 0 fully saturated rings. The second-order valence-corrected chi connectivity index (χ2v) is 3.63. The van der Waals surface area contributed by atoms with E-state index in [-0.39, 0.29) is 6.61 Å². The zero-order valence-electron chi connectivity index (χ0n) is 9.13. The number of hydrogen-bond donors (Lipinski definition) is 1. The predicted octanol–water partition coefficient (Wildman–Crippen LogP) is 1.80. The maximum absolute atomic E-state index is 9.00. The van der Waals surface area contributed by atoms with Crippen molar-refractivity contribution < 1.29 is 9.52 Å². The van der Waals surface area contributed by atoms with Crippen LogP contribution in [0.15, 0.2) is 41.2 Å². The largest absolute Gasteiger partial charge is 0.472 e. The highest BCUT2D eigenvalue weighted by Crippen LogP contribution is 2.13. The zero-order chi connectivity index (χ0) is 11.4. The van der Waals surface area contributed by atoms with E-state index in [1.165, 1.54) is 0 Å². The third kappa shape index (κ3) is 2.41. The molecule has 16 heavy (non-hydrogen) atoms. The van der Waals surface area contributed by atoms with Gasteiger partial charge in [-0.15, -0.1) is 0 Å². The molecular formula is C12H14N2O2. The first-order valence-electron chi connectivity index (χ1n) is 5.08. The molecule has 0 aliphatic heterocycles. The van der Waals surface area contributed by atoms with E-state index in [0.29, 0.717) is 5.69 Å². The van der Waals surface area contributed by atoms with Gasteiger partial charge in [0.25, 0.3) is 0 Å². The topological polar surface area (TPSA) is 49.5 Å². The molecule has 0 saturated carbocycles. The minimum Gasteiger partial charge on any atom is -0.472 e. The molecule has 1 N–H and O–H groups in total. The molecule has 2 aromatic heterocycles. The number of aromatic nitrogens is 1. The predicted molar refractivity (Wildman–Crippen MR) is 61.0 cm³/mol. The van der Waals surface area contributed by atoms with Crippen LogP contribution in [0.1, 0.15) is 11.3 Å². The molecule has 0 aliphatic rings. The van der Waals surface area contributed by atoms with Crippen molar-refractivity contribution in [2.75, 3.05) is 11.9 Å². The van der Waals surface area contributed by atoms with E-state index in [4.69, 9.17) is 9.52 Å². The van der Waals surface area contributed by atoms with E-state index < -0.39 is 0 Å². The molecular weight excluding hydrogens is 204 g/mol. The van der Waals surface area contributed by atoms with Gasteiger partial charge in [0, 0.05) is 19.2 Å². The van der Waals surface area contributed by atoms with Crippen LogP contribution in [0.2, 0.25) is 0 Å². The van der Waals surface area contributed by atoms with Crippen LogP contribution >= 0.6 is 0 Å². The first-order valence-corrected chi connectivity index (χ1v) is 5.08. The standard InChI is InChI=1S/C12H14N2O2/c1-14(7-10-5-6-16-9-10)12-4-2-3-11(8-15)13-12/h2-6,9,15H,7-8H2,1H3. The van der Waals surface area contributed by atoms with E-state index in [1.54, 1.807) is 18.6 Å². The van der Waals surface area contributed by atoms with Gasteiger partial charge in [0.1, 0.15) is 5.82 Å². The Morgan fingerprint density at radius 1 is 1.38 bits per heavy atom. The normalized spacial score (nSPS) is 10.4. The summed E-state index contributed by atoms with van der Waals surface area (Å²) < 4.78 is 5.01. The Balaban J connectivity index is 2.11. The molecule has 0 aromatic carbocycles. The average molecular weight is 218 g/mol. The van der Waals surface area contributed by atoms with Crippen LogP contribution in [0, 0.1) is 0 Å². The smallest absolute Gasteiger partial charge is 0.128 e. The first-order chi connectivity index (χ1) is 7.79. The third-order valence-electron chi connectivity index (χ3n) is 2.35. The monoisotopic (exact) mass is 218 g/mol. The van der Waals surface area contributed by atoms with Crippen molar-refractivity contribution in [3.8, 4) is 0 Å². The molecule has 0 bridgehead atoms. The van der Waals surface area contributed by atoms with E-state index in [0.717, 1.165) is 17.9 Å². The van der Waals surface area contributed by atoms with Crippen molar-refractivity contribution in [3.05, 3.63) is 48.0 Å². The molecule has 4 nitrogen and oxygen atoms in total. The van der Waals surface area contributed by atoms with Gasteiger partial charge >= 0.3 is 0 Å². The molecule has 2 aromatic rings. The van der Waals surface area contributed by atoms with Gasteiger partial charge in [-0.25, -0.2) is 4.98 Å². The van der Waals surface area contributed by atoms with Crippen LogP contribution in [-0.4, -0.2) is 17.1 Å². The van der Waals surface area contributed by atoms with Gasteiger partial charge < -0.3 is 14.4 Å². The van der Waals surface area contributed by atoms with Crippen LogP contribution in [-0.2, 0) is 13.2 Å². The summed E-state index contributed by atoms with van der Waals surface area (Å²) in [6.45, 7) is 0.700. The Bertz CT molecular complexity index is 440. The number of rotatable bonds is 4. The summed E-state index contributed by atoms with van der Waals surface area (Å²) in [5.74, 6) is 0.841. The van der Waals surface area contributed by atoms with Gasteiger partial charge in [-0.05, 0) is 18.2 Å². The molecule has 0 radical (unpaired) electrons. The summed E-state index contributed by atoms with van der Waals surface area (Å²) in [5.41, 5.74) is 1.77. The lowest BCUT2D eigenvalue weighted by molar-refractivity contribution is 0.277. The van der Waals surface area contributed by atoms with Crippen molar-refractivity contribution >= 4 is 5.82 Å². The van der Waals surface area contributed by atoms with Crippen LogP contribution in [0.5, 0.6) is 0 Å². The minimum absolute atomic E-state index is 0.0343. The molecule has 0 spiro atoms. The Hall–Kier alpha value is -1.81. The van der Waals surface area contributed by atoms with Crippen molar-refractivity contribution in [1.29, 1.82) is 0 Å². The fourth-order valence-electron chi connectivity index (χ4n) is 1.51. The van der Waals surface area contributed by atoms with E-state index in [9.17, 15) is 0 Å². The maximum atomic E-state index is 9.00. The minimum atomic E-state index is -0.0343. The molecule has 4 heteroatoms. The van der Waals surface area contributed by atoms with E-state index in [1.807, 2.05) is 30.1 Å².